The van der Waals surface area contributed by atoms with Crippen LogP contribution in [0.5, 0.6) is 0 Å². The fraction of sp³-hybridized carbons (Fsp3) is 0.417. The van der Waals surface area contributed by atoms with Crippen LogP contribution in [0, 0.1) is 10.1 Å². The summed E-state index contributed by atoms with van der Waals surface area (Å²) in [4.78, 5) is 21.2. The Labute approximate surface area is 115 Å². The number of anilines is 1. The molecule has 0 bridgehead atoms. The average molecular weight is 284 g/mol. The normalized spacial score (nSPS) is 10.2. The number of nitro benzene ring substituents is 1. The quantitative estimate of drug-likeness (QED) is 0.433. The summed E-state index contributed by atoms with van der Waals surface area (Å²) in [6, 6.07) is 3.71. The third-order valence-corrected chi connectivity index (χ3v) is 3.23. The molecule has 0 unspecified atom stereocenters. The largest absolute Gasteiger partial charge is 0.478 e. The van der Waals surface area contributed by atoms with E-state index < -0.39 is 10.9 Å². The molecular formula is C12H16N2O4S. The van der Waals surface area contributed by atoms with Crippen molar-refractivity contribution in [2.75, 3.05) is 23.9 Å². The Morgan fingerprint density at radius 3 is 2.79 bits per heavy atom. The van der Waals surface area contributed by atoms with Crippen LogP contribution < -0.4 is 5.32 Å². The van der Waals surface area contributed by atoms with Crippen molar-refractivity contribution >= 4 is 29.1 Å². The number of nitrogens with one attached hydrogen (secondary N) is 1. The second-order valence-corrected chi connectivity index (χ2v) is 4.90. The van der Waals surface area contributed by atoms with Crippen LogP contribution in [0.25, 0.3) is 0 Å². The minimum atomic E-state index is -1.10. The van der Waals surface area contributed by atoms with Gasteiger partial charge in [0.15, 0.2) is 0 Å². The van der Waals surface area contributed by atoms with Crippen LogP contribution in [0.1, 0.15) is 23.2 Å². The van der Waals surface area contributed by atoms with E-state index in [-0.39, 0.29) is 11.3 Å². The van der Waals surface area contributed by atoms with Gasteiger partial charge in [0.25, 0.3) is 5.69 Å². The number of hydrogen-bond donors (Lipinski definition) is 2. The lowest BCUT2D eigenvalue weighted by Crippen LogP contribution is -2.08. The summed E-state index contributed by atoms with van der Waals surface area (Å²) in [7, 11) is 0. The zero-order chi connectivity index (χ0) is 14.3. The number of thioether (sulfide) groups is 1. The van der Waals surface area contributed by atoms with Crippen molar-refractivity contribution < 1.29 is 14.8 Å². The first kappa shape index (κ1) is 15.3. The van der Waals surface area contributed by atoms with Gasteiger partial charge in [-0.1, -0.05) is 0 Å². The molecular weight excluding hydrogens is 268 g/mol. The molecule has 1 rings (SSSR count). The van der Waals surface area contributed by atoms with Crippen LogP contribution in [-0.4, -0.2) is 34.6 Å². The molecule has 1 aromatic carbocycles. The molecule has 104 valence electrons. The Kier molecular flexibility index (Phi) is 6.14. The number of rotatable bonds is 8. The predicted octanol–water partition coefficient (Wildman–Crippen LogP) is 2.85. The van der Waals surface area contributed by atoms with Crippen molar-refractivity contribution in [3.05, 3.63) is 33.9 Å². The van der Waals surface area contributed by atoms with E-state index in [1.165, 1.54) is 18.2 Å². The molecule has 2 N–H and O–H groups in total. The lowest BCUT2D eigenvalue weighted by atomic mass is 10.1. The zero-order valence-corrected chi connectivity index (χ0v) is 11.4. The summed E-state index contributed by atoms with van der Waals surface area (Å²) >= 11 is 1.75. The standard InChI is InChI=1S/C12H16N2O4S/c1-19-7-3-2-6-13-11-8-9(14(17)18)4-5-10(11)12(15)16/h4-5,8,13H,2-3,6-7H2,1H3,(H,15,16). The highest BCUT2D eigenvalue weighted by Crippen LogP contribution is 2.22. The van der Waals surface area contributed by atoms with Gasteiger partial charge in [0, 0.05) is 18.7 Å². The Morgan fingerprint density at radius 2 is 2.21 bits per heavy atom. The minimum absolute atomic E-state index is 0.0514. The molecule has 0 saturated heterocycles. The van der Waals surface area contributed by atoms with Crippen LogP contribution in [0.15, 0.2) is 18.2 Å². The van der Waals surface area contributed by atoms with Gasteiger partial charge in [-0.15, -0.1) is 0 Å². The van der Waals surface area contributed by atoms with Gasteiger partial charge in [-0.2, -0.15) is 11.8 Å². The summed E-state index contributed by atoms with van der Waals surface area (Å²) in [5.41, 5.74) is 0.234. The van der Waals surface area contributed by atoms with Gasteiger partial charge >= 0.3 is 5.97 Å². The van der Waals surface area contributed by atoms with Crippen LogP contribution in [0.2, 0.25) is 0 Å². The molecule has 0 atom stereocenters. The van der Waals surface area contributed by atoms with Crippen molar-refractivity contribution in [2.45, 2.75) is 12.8 Å². The summed E-state index contributed by atoms with van der Waals surface area (Å²) < 4.78 is 0. The van der Waals surface area contributed by atoms with Crippen molar-refractivity contribution in [1.82, 2.24) is 0 Å². The molecule has 0 aliphatic heterocycles. The summed E-state index contributed by atoms with van der Waals surface area (Å²) in [5.74, 6) is -0.0518. The number of carbonyl (C=O) groups is 1. The maximum absolute atomic E-state index is 11.0. The second kappa shape index (κ2) is 7.63. The smallest absolute Gasteiger partial charge is 0.337 e. The van der Waals surface area contributed by atoms with Gasteiger partial charge < -0.3 is 10.4 Å². The fourth-order valence-corrected chi connectivity index (χ4v) is 2.07. The first-order chi connectivity index (χ1) is 9.06. The van der Waals surface area contributed by atoms with Gasteiger partial charge in [-0.25, -0.2) is 4.79 Å². The molecule has 6 nitrogen and oxygen atoms in total. The van der Waals surface area contributed by atoms with Crippen molar-refractivity contribution in [1.29, 1.82) is 0 Å². The Balaban J connectivity index is 2.74. The zero-order valence-electron chi connectivity index (χ0n) is 10.6. The number of unbranched alkanes of at least 4 members (excludes halogenated alkanes) is 1. The van der Waals surface area contributed by atoms with E-state index in [4.69, 9.17) is 5.11 Å². The molecule has 0 saturated carbocycles. The number of benzene rings is 1. The average Bonchev–Trinajstić information content (AvgIpc) is 2.38. The van der Waals surface area contributed by atoms with E-state index in [1.807, 2.05) is 6.26 Å². The third kappa shape index (κ3) is 4.78. The highest BCUT2D eigenvalue weighted by Gasteiger charge is 2.14. The lowest BCUT2D eigenvalue weighted by Gasteiger charge is -2.09. The molecule has 0 fully saturated rings. The number of hydrogen-bond acceptors (Lipinski definition) is 5. The topological polar surface area (TPSA) is 92.5 Å². The van der Waals surface area contributed by atoms with Crippen molar-refractivity contribution in [2.24, 2.45) is 0 Å². The van der Waals surface area contributed by atoms with E-state index in [9.17, 15) is 14.9 Å². The fourth-order valence-electron chi connectivity index (χ4n) is 1.57. The van der Waals surface area contributed by atoms with Gasteiger partial charge in [-0.05, 0) is 30.9 Å². The number of nitro groups is 1. The molecule has 0 heterocycles. The summed E-state index contributed by atoms with van der Waals surface area (Å²) in [5, 5.41) is 22.7. The van der Waals surface area contributed by atoms with E-state index in [0.29, 0.717) is 12.2 Å². The molecule has 0 amide bonds. The second-order valence-electron chi connectivity index (χ2n) is 3.92. The lowest BCUT2D eigenvalue weighted by molar-refractivity contribution is -0.384. The van der Waals surface area contributed by atoms with E-state index in [0.717, 1.165) is 18.6 Å². The van der Waals surface area contributed by atoms with Crippen LogP contribution in [-0.2, 0) is 0 Å². The van der Waals surface area contributed by atoms with E-state index in [1.54, 1.807) is 11.8 Å². The minimum Gasteiger partial charge on any atom is -0.478 e. The number of nitrogens with zero attached hydrogens (tertiary/aromatic N) is 1. The number of non-ortho nitro benzene ring substituents is 1. The predicted molar refractivity (Wildman–Crippen MR) is 76.2 cm³/mol. The monoisotopic (exact) mass is 284 g/mol. The van der Waals surface area contributed by atoms with Crippen LogP contribution in [0.4, 0.5) is 11.4 Å². The highest BCUT2D eigenvalue weighted by atomic mass is 32.2. The molecule has 1 aromatic rings. The summed E-state index contributed by atoms with van der Waals surface area (Å²) in [6.07, 6.45) is 3.94. The van der Waals surface area contributed by atoms with E-state index in [2.05, 4.69) is 5.32 Å². The van der Waals surface area contributed by atoms with Gasteiger partial charge in [0.2, 0.25) is 0 Å². The number of aromatic carboxylic acids is 1. The van der Waals surface area contributed by atoms with Crippen molar-refractivity contribution in [3.63, 3.8) is 0 Å². The number of carboxylic acid groups (broad SMARTS) is 1. The molecule has 0 aromatic heterocycles. The van der Waals surface area contributed by atoms with Crippen LogP contribution in [0.3, 0.4) is 0 Å². The van der Waals surface area contributed by atoms with Crippen molar-refractivity contribution in [3.8, 4) is 0 Å². The molecule has 0 aliphatic rings. The van der Waals surface area contributed by atoms with Gasteiger partial charge in [0.05, 0.1) is 16.2 Å². The van der Waals surface area contributed by atoms with E-state index >= 15 is 0 Å². The Bertz CT molecular complexity index is 465. The third-order valence-electron chi connectivity index (χ3n) is 2.54. The maximum Gasteiger partial charge on any atom is 0.337 e. The molecule has 7 heteroatoms. The maximum atomic E-state index is 11.0. The van der Waals surface area contributed by atoms with Gasteiger partial charge in [0.1, 0.15) is 0 Å². The first-order valence-electron chi connectivity index (χ1n) is 5.80. The SMILES string of the molecule is CSCCCCNc1cc([N+](=O)[O-])ccc1C(=O)O. The molecule has 0 radical (unpaired) electrons. The Hall–Kier alpha value is -1.76. The number of carboxylic acids is 1. The molecule has 0 spiro atoms. The Morgan fingerprint density at radius 1 is 1.47 bits per heavy atom. The first-order valence-corrected chi connectivity index (χ1v) is 7.20. The summed E-state index contributed by atoms with van der Waals surface area (Å²) in [6.45, 7) is 0.599. The molecule has 19 heavy (non-hydrogen) atoms. The van der Waals surface area contributed by atoms with Gasteiger partial charge in [-0.3, -0.25) is 10.1 Å². The van der Waals surface area contributed by atoms with Crippen LogP contribution >= 0.6 is 11.8 Å². The molecule has 0 aliphatic carbocycles. The highest BCUT2D eigenvalue weighted by molar-refractivity contribution is 7.98.